The molecule has 2 rings (SSSR count). The van der Waals surface area contributed by atoms with E-state index in [4.69, 9.17) is 16.4 Å². The van der Waals surface area contributed by atoms with E-state index in [0.29, 0.717) is 24.1 Å². The van der Waals surface area contributed by atoms with Gasteiger partial charge in [-0.15, -0.1) is 4.73 Å². The van der Waals surface area contributed by atoms with Crippen LogP contribution in [0.1, 0.15) is 35.6 Å². The van der Waals surface area contributed by atoms with Gasteiger partial charge in [-0.3, -0.25) is 4.79 Å². The van der Waals surface area contributed by atoms with Crippen molar-refractivity contribution in [3.05, 3.63) is 62.8 Å². The van der Waals surface area contributed by atoms with Crippen molar-refractivity contribution in [3.63, 3.8) is 0 Å². The van der Waals surface area contributed by atoms with Crippen molar-refractivity contribution in [2.75, 3.05) is 0 Å². The second-order valence-electron chi connectivity index (χ2n) is 4.35. The summed E-state index contributed by atoms with van der Waals surface area (Å²) in [7, 11) is 0. The minimum Gasteiger partial charge on any atom is -0.328 e. The molecule has 0 saturated heterocycles. The number of benzene rings is 1. The summed E-state index contributed by atoms with van der Waals surface area (Å²) >= 11 is 6.05. The number of halogens is 1. The number of carbonyl (C=O) groups excluding carboxylic acids is 1. The molecule has 1 heterocycles. The Balaban J connectivity index is 2.46. The predicted molar refractivity (Wildman–Crippen MR) is 79.6 cm³/mol. The molecule has 5 nitrogen and oxygen atoms in total. The van der Waals surface area contributed by atoms with Crippen LogP contribution in [0.15, 0.2) is 35.1 Å². The molecule has 0 spiro atoms. The van der Waals surface area contributed by atoms with Gasteiger partial charge in [0.15, 0.2) is 5.15 Å². The molecule has 1 aromatic heterocycles. The molecule has 0 atom stereocenters. The first kappa shape index (κ1) is 15.3. The molecule has 1 aromatic carbocycles. The zero-order valence-corrected chi connectivity index (χ0v) is 12.6. The number of aromatic nitrogens is 2. The lowest BCUT2D eigenvalue weighted by atomic mass is 10.2. The Kier molecular flexibility index (Phi) is 4.75. The largest absolute Gasteiger partial charge is 0.363 e. The summed E-state index contributed by atoms with van der Waals surface area (Å²) in [6, 6.07) is 8.46. The van der Waals surface area contributed by atoms with E-state index in [2.05, 4.69) is 4.98 Å². The molecule has 0 unspecified atom stereocenters. The van der Waals surface area contributed by atoms with Crippen molar-refractivity contribution in [2.45, 2.75) is 26.7 Å². The fraction of sp³-hybridized carbons (Fsp3) is 0.267. The highest BCUT2D eigenvalue weighted by Gasteiger charge is 2.17. The van der Waals surface area contributed by atoms with Crippen molar-refractivity contribution in [2.24, 2.45) is 0 Å². The SMILES string of the molecule is CCc1nc(Cl)c(CC)n(OC(=O)c2ccccc2)c1=O. The minimum atomic E-state index is -0.614. The van der Waals surface area contributed by atoms with Gasteiger partial charge in [-0.2, -0.15) is 0 Å². The van der Waals surface area contributed by atoms with Crippen LogP contribution in [-0.4, -0.2) is 15.7 Å². The van der Waals surface area contributed by atoms with Gasteiger partial charge in [0.05, 0.1) is 11.3 Å². The second-order valence-corrected chi connectivity index (χ2v) is 4.71. The summed E-state index contributed by atoms with van der Waals surface area (Å²) in [6.45, 7) is 3.59. The van der Waals surface area contributed by atoms with Crippen molar-refractivity contribution >= 4 is 17.6 Å². The molecule has 0 aliphatic carbocycles. The molecular weight excluding hydrogens is 292 g/mol. The van der Waals surface area contributed by atoms with Gasteiger partial charge in [0.1, 0.15) is 5.69 Å². The molecule has 0 aliphatic rings. The van der Waals surface area contributed by atoms with E-state index in [1.807, 2.05) is 0 Å². The van der Waals surface area contributed by atoms with Crippen molar-refractivity contribution in [3.8, 4) is 0 Å². The molecule has 21 heavy (non-hydrogen) atoms. The van der Waals surface area contributed by atoms with Crippen LogP contribution in [0.2, 0.25) is 5.15 Å². The maximum absolute atomic E-state index is 12.3. The highest BCUT2D eigenvalue weighted by atomic mass is 35.5. The summed E-state index contributed by atoms with van der Waals surface area (Å²) in [5, 5.41) is 0.176. The summed E-state index contributed by atoms with van der Waals surface area (Å²) in [6.07, 6.45) is 0.832. The first-order chi connectivity index (χ1) is 10.1. The van der Waals surface area contributed by atoms with Gasteiger partial charge in [0.25, 0.3) is 0 Å². The summed E-state index contributed by atoms with van der Waals surface area (Å²) in [5.41, 5.74) is 0.543. The molecule has 0 radical (unpaired) electrons. The van der Waals surface area contributed by atoms with Crippen LogP contribution in [0, 0.1) is 0 Å². The molecule has 0 N–H and O–H groups in total. The fourth-order valence-corrected chi connectivity index (χ4v) is 2.19. The second kappa shape index (κ2) is 6.54. The van der Waals surface area contributed by atoms with Gasteiger partial charge in [-0.25, -0.2) is 9.78 Å². The lowest BCUT2D eigenvalue weighted by Crippen LogP contribution is -2.36. The number of rotatable bonds is 4. The smallest absolute Gasteiger partial charge is 0.328 e. The van der Waals surface area contributed by atoms with Crippen LogP contribution in [-0.2, 0) is 12.8 Å². The first-order valence-electron chi connectivity index (χ1n) is 6.66. The third-order valence-electron chi connectivity index (χ3n) is 3.00. The molecule has 0 amide bonds. The third-order valence-corrected chi connectivity index (χ3v) is 3.30. The third kappa shape index (κ3) is 3.13. The van der Waals surface area contributed by atoms with Gasteiger partial charge in [0.2, 0.25) is 0 Å². The Morgan fingerprint density at radius 1 is 1.24 bits per heavy atom. The Morgan fingerprint density at radius 3 is 2.48 bits per heavy atom. The lowest BCUT2D eigenvalue weighted by molar-refractivity contribution is 0.0425. The molecule has 0 fully saturated rings. The maximum atomic E-state index is 12.3. The van der Waals surface area contributed by atoms with Crippen LogP contribution in [0.5, 0.6) is 0 Å². The predicted octanol–water partition coefficient (Wildman–Crippen LogP) is 2.29. The van der Waals surface area contributed by atoms with E-state index in [0.717, 1.165) is 4.73 Å². The van der Waals surface area contributed by atoms with Crippen LogP contribution in [0.25, 0.3) is 0 Å². The van der Waals surface area contributed by atoms with E-state index in [9.17, 15) is 9.59 Å². The standard InChI is InChI=1S/C15H15ClN2O3/c1-3-11-14(19)18(12(4-2)13(16)17-11)21-15(20)10-8-6-5-7-9-10/h5-9H,3-4H2,1-2H3. The van der Waals surface area contributed by atoms with Gasteiger partial charge in [0, 0.05) is 0 Å². The van der Waals surface area contributed by atoms with Crippen molar-refractivity contribution in [1.29, 1.82) is 0 Å². The Labute approximate surface area is 127 Å². The molecule has 0 saturated carbocycles. The fourth-order valence-electron chi connectivity index (χ4n) is 1.88. The monoisotopic (exact) mass is 306 g/mol. The van der Waals surface area contributed by atoms with E-state index < -0.39 is 11.5 Å². The maximum Gasteiger partial charge on any atom is 0.363 e. The lowest BCUT2D eigenvalue weighted by Gasteiger charge is -2.13. The highest BCUT2D eigenvalue weighted by Crippen LogP contribution is 2.12. The number of hydrogen-bond donors (Lipinski definition) is 0. The van der Waals surface area contributed by atoms with E-state index in [-0.39, 0.29) is 10.8 Å². The molecule has 2 aromatic rings. The van der Waals surface area contributed by atoms with E-state index in [1.165, 1.54) is 0 Å². The normalized spacial score (nSPS) is 10.4. The summed E-state index contributed by atoms with van der Waals surface area (Å²) < 4.78 is 0.948. The average Bonchev–Trinajstić information content (AvgIpc) is 2.51. The number of nitrogens with zero attached hydrogens (tertiary/aromatic N) is 2. The Bertz CT molecular complexity index is 711. The number of hydrogen-bond acceptors (Lipinski definition) is 4. The quantitative estimate of drug-likeness (QED) is 0.869. The van der Waals surface area contributed by atoms with Crippen LogP contribution in [0.4, 0.5) is 0 Å². The Morgan fingerprint density at radius 2 is 1.90 bits per heavy atom. The minimum absolute atomic E-state index is 0.176. The first-order valence-corrected chi connectivity index (χ1v) is 7.04. The Hall–Kier alpha value is -2.14. The number of carbonyl (C=O) groups is 1. The van der Waals surface area contributed by atoms with Crippen LogP contribution >= 0.6 is 11.6 Å². The van der Waals surface area contributed by atoms with Gasteiger partial charge >= 0.3 is 11.5 Å². The van der Waals surface area contributed by atoms with Crippen LogP contribution in [0.3, 0.4) is 0 Å². The van der Waals surface area contributed by atoms with Gasteiger partial charge in [-0.1, -0.05) is 43.6 Å². The average molecular weight is 307 g/mol. The van der Waals surface area contributed by atoms with Gasteiger partial charge in [-0.05, 0) is 25.0 Å². The number of aryl methyl sites for hydroxylation is 1. The van der Waals surface area contributed by atoms with Gasteiger partial charge < -0.3 is 4.84 Å². The zero-order chi connectivity index (χ0) is 15.4. The zero-order valence-electron chi connectivity index (χ0n) is 11.8. The summed E-state index contributed by atoms with van der Waals surface area (Å²) in [4.78, 5) is 33.6. The van der Waals surface area contributed by atoms with E-state index >= 15 is 0 Å². The van der Waals surface area contributed by atoms with Crippen LogP contribution < -0.4 is 10.4 Å². The highest BCUT2D eigenvalue weighted by molar-refractivity contribution is 6.30. The topological polar surface area (TPSA) is 61.2 Å². The molecule has 0 bridgehead atoms. The molecule has 110 valence electrons. The summed E-state index contributed by atoms with van der Waals surface area (Å²) in [5.74, 6) is -0.614. The van der Waals surface area contributed by atoms with Crippen molar-refractivity contribution < 1.29 is 9.63 Å². The van der Waals surface area contributed by atoms with E-state index in [1.54, 1.807) is 44.2 Å². The molecular formula is C15H15ClN2O3. The van der Waals surface area contributed by atoms with Crippen molar-refractivity contribution in [1.82, 2.24) is 9.71 Å². The molecule has 6 heteroatoms. The molecule has 0 aliphatic heterocycles.